The zero-order chi connectivity index (χ0) is 17.6. The Balaban J connectivity index is 2.10. The van der Waals surface area contributed by atoms with E-state index in [0.29, 0.717) is 0 Å². The molecule has 25 heavy (non-hydrogen) atoms. The average molecular weight is 333 g/mol. The molecular formula is C20H16FN3O. The summed E-state index contributed by atoms with van der Waals surface area (Å²) in [6.45, 7) is 1.86. The Labute approximate surface area is 145 Å². The minimum atomic E-state index is -0.781. The van der Waals surface area contributed by atoms with Crippen molar-refractivity contribution < 1.29 is 9.18 Å². The lowest BCUT2D eigenvalue weighted by molar-refractivity contribution is -0.121. The normalized spacial score (nSPS) is 27.7. The molecule has 1 aromatic heterocycles. The Kier molecular flexibility index (Phi) is 3.50. The number of aromatic nitrogens is 2. The number of nitriles is 1. The molecule has 0 radical (unpaired) electrons. The van der Waals surface area contributed by atoms with Crippen molar-refractivity contribution in [2.75, 3.05) is 0 Å². The first kappa shape index (κ1) is 15.6. The third-order valence-corrected chi connectivity index (χ3v) is 5.57. The first-order valence-electron chi connectivity index (χ1n) is 8.30. The predicted octanol–water partition coefficient (Wildman–Crippen LogP) is 3.13. The molecule has 0 bridgehead atoms. The number of fused-ring (bicyclic) bond motifs is 3. The summed E-state index contributed by atoms with van der Waals surface area (Å²) in [7, 11) is 0. The fourth-order valence-electron chi connectivity index (χ4n) is 4.44. The van der Waals surface area contributed by atoms with Crippen molar-refractivity contribution in [1.82, 2.24) is 9.97 Å². The number of ketones is 1. The van der Waals surface area contributed by atoms with Crippen LogP contribution in [0.1, 0.15) is 30.2 Å². The molecule has 0 N–H and O–H groups in total. The van der Waals surface area contributed by atoms with Gasteiger partial charge in [0.05, 0.1) is 16.7 Å². The third-order valence-electron chi connectivity index (χ3n) is 5.57. The van der Waals surface area contributed by atoms with E-state index in [1.54, 1.807) is 18.3 Å². The summed E-state index contributed by atoms with van der Waals surface area (Å²) in [5.74, 6) is -0.882. The van der Waals surface area contributed by atoms with E-state index in [2.05, 4.69) is 9.97 Å². The van der Waals surface area contributed by atoms with Crippen molar-refractivity contribution >= 4 is 5.78 Å². The first-order valence-corrected chi connectivity index (χ1v) is 8.30. The van der Waals surface area contributed by atoms with Crippen LogP contribution >= 0.6 is 0 Å². The van der Waals surface area contributed by atoms with Crippen molar-refractivity contribution in [2.24, 2.45) is 11.8 Å². The van der Waals surface area contributed by atoms with Gasteiger partial charge in [0.15, 0.2) is 5.78 Å². The topological polar surface area (TPSA) is 66.6 Å². The predicted molar refractivity (Wildman–Crippen MR) is 88.9 cm³/mol. The monoisotopic (exact) mass is 333 g/mol. The standard InChI is InChI=1S/C20H16FN3O/c1-12-17-6-5-13-10-23-11-24-19(13)20(17,8-14(9-22)18(12)25)15-3-2-4-16(21)7-15/h2-4,7-8,10-12,17H,5-6H2,1H3/t12-,17-,20+/m0/s1. The highest BCUT2D eigenvalue weighted by molar-refractivity contribution is 6.02. The van der Waals surface area contributed by atoms with Crippen LogP contribution in [0.2, 0.25) is 0 Å². The van der Waals surface area contributed by atoms with Gasteiger partial charge in [-0.05, 0) is 48.1 Å². The van der Waals surface area contributed by atoms with Crippen molar-refractivity contribution in [3.05, 3.63) is 71.1 Å². The maximum atomic E-state index is 14.0. The molecule has 1 heterocycles. The third kappa shape index (κ3) is 2.14. The van der Waals surface area contributed by atoms with E-state index in [4.69, 9.17) is 0 Å². The first-order chi connectivity index (χ1) is 12.1. The van der Waals surface area contributed by atoms with Crippen LogP contribution < -0.4 is 0 Å². The molecule has 2 aromatic rings. The van der Waals surface area contributed by atoms with Crippen molar-refractivity contribution in [3.8, 4) is 6.07 Å². The number of Topliss-reactive ketones (excluding diaryl/α,β-unsaturated/α-hetero) is 1. The van der Waals surface area contributed by atoms with Gasteiger partial charge in [-0.3, -0.25) is 4.79 Å². The summed E-state index contributed by atoms with van der Waals surface area (Å²) in [6, 6.07) is 8.42. The van der Waals surface area contributed by atoms with Gasteiger partial charge in [-0.1, -0.05) is 19.1 Å². The van der Waals surface area contributed by atoms with Crippen molar-refractivity contribution in [2.45, 2.75) is 25.2 Å². The van der Waals surface area contributed by atoms with Gasteiger partial charge >= 0.3 is 0 Å². The number of nitrogens with zero attached hydrogens (tertiary/aromatic N) is 3. The van der Waals surface area contributed by atoms with Gasteiger partial charge in [-0.2, -0.15) is 5.26 Å². The number of allylic oxidation sites excluding steroid dienone is 2. The number of carbonyl (C=O) groups excluding carboxylic acids is 1. The van der Waals surface area contributed by atoms with Crippen LogP contribution in [-0.2, 0) is 16.6 Å². The van der Waals surface area contributed by atoms with Crippen LogP contribution in [0, 0.1) is 29.0 Å². The van der Waals surface area contributed by atoms with Crippen LogP contribution in [-0.4, -0.2) is 15.8 Å². The van der Waals surface area contributed by atoms with Gasteiger partial charge in [-0.15, -0.1) is 0 Å². The molecule has 0 saturated heterocycles. The van der Waals surface area contributed by atoms with Crippen LogP contribution in [0.4, 0.5) is 4.39 Å². The zero-order valence-electron chi connectivity index (χ0n) is 13.7. The van der Waals surface area contributed by atoms with Gasteiger partial charge in [0.25, 0.3) is 0 Å². The fraction of sp³-hybridized carbons (Fsp3) is 0.300. The Morgan fingerprint density at radius 1 is 1.40 bits per heavy atom. The molecule has 2 aliphatic carbocycles. The fourth-order valence-corrected chi connectivity index (χ4v) is 4.44. The zero-order valence-corrected chi connectivity index (χ0v) is 13.7. The minimum Gasteiger partial charge on any atom is -0.293 e. The number of benzene rings is 1. The molecule has 3 atom stereocenters. The largest absolute Gasteiger partial charge is 0.293 e. The maximum absolute atomic E-state index is 14.0. The molecule has 0 spiro atoms. The van der Waals surface area contributed by atoms with E-state index in [-0.39, 0.29) is 29.0 Å². The molecular weight excluding hydrogens is 317 g/mol. The molecule has 4 rings (SSSR count). The summed E-state index contributed by atoms with van der Waals surface area (Å²) in [4.78, 5) is 21.2. The van der Waals surface area contributed by atoms with Crippen LogP contribution in [0.5, 0.6) is 0 Å². The lowest BCUT2D eigenvalue weighted by Crippen LogP contribution is -2.48. The molecule has 0 saturated carbocycles. The summed E-state index contributed by atoms with van der Waals surface area (Å²) in [5.41, 5.74) is 1.83. The van der Waals surface area contributed by atoms with E-state index in [1.807, 2.05) is 19.1 Å². The van der Waals surface area contributed by atoms with E-state index in [0.717, 1.165) is 29.7 Å². The Hall–Kier alpha value is -2.87. The van der Waals surface area contributed by atoms with E-state index >= 15 is 0 Å². The van der Waals surface area contributed by atoms with Gasteiger partial charge in [0.2, 0.25) is 0 Å². The highest BCUT2D eigenvalue weighted by atomic mass is 19.1. The summed E-state index contributed by atoms with van der Waals surface area (Å²) >= 11 is 0. The number of halogens is 1. The molecule has 5 heteroatoms. The van der Waals surface area contributed by atoms with E-state index < -0.39 is 5.41 Å². The Morgan fingerprint density at radius 2 is 2.24 bits per heavy atom. The summed E-state index contributed by atoms with van der Waals surface area (Å²) in [6.07, 6.45) is 6.49. The number of rotatable bonds is 1. The van der Waals surface area contributed by atoms with Gasteiger partial charge in [0, 0.05) is 12.1 Å². The SMILES string of the molecule is C[C@@H]1C(=O)C(C#N)=C[C@]2(c3cccc(F)c3)c3ncncc3CC[C@@H]12. The second-order valence-electron chi connectivity index (χ2n) is 6.74. The lowest BCUT2D eigenvalue weighted by Gasteiger charge is -2.47. The Bertz CT molecular complexity index is 946. The smallest absolute Gasteiger partial charge is 0.176 e. The second-order valence-corrected chi connectivity index (χ2v) is 6.74. The van der Waals surface area contributed by atoms with E-state index in [1.165, 1.54) is 18.5 Å². The van der Waals surface area contributed by atoms with Crippen molar-refractivity contribution in [3.63, 3.8) is 0 Å². The summed E-state index contributed by atoms with van der Waals surface area (Å²) in [5, 5.41) is 9.49. The van der Waals surface area contributed by atoms with Gasteiger partial charge in [-0.25, -0.2) is 14.4 Å². The quantitative estimate of drug-likeness (QED) is 0.804. The number of hydrogen-bond acceptors (Lipinski definition) is 4. The van der Waals surface area contributed by atoms with E-state index in [9.17, 15) is 14.4 Å². The van der Waals surface area contributed by atoms with Gasteiger partial charge in [0.1, 0.15) is 18.2 Å². The number of hydrogen-bond donors (Lipinski definition) is 0. The molecule has 4 nitrogen and oxygen atoms in total. The molecule has 0 aliphatic heterocycles. The van der Waals surface area contributed by atoms with Crippen LogP contribution in [0.3, 0.4) is 0 Å². The number of aryl methyl sites for hydroxylation is 1. The maximum Gasteiger partial charge on any atom is 0.176 e. The molecule has 124 valence electrons. The lowest BCUT2D eigenvalue weighted by atomic mass is 9.54. The van der Waals surface area contributed by atoms with Gasteiger partial charge < -0.3 is 0 Å². The van der Waals surface area contributed by atoms with Crippen LogP contribution in [0.25, 0.3) is 0 Å². The Morgan fingerprint density at radius 3 is 3.00 bits per heavy atom. The highest BCUT2D eigenvalue weighted by Crippen LogP contribution is 2.52. The minimum absolute atomic E-state index is 0.0682. The molecule has 2 aliphatic rings. The van der Waals surface area contributed by atoms with Crippen LogP contribution in [0.15, 0.2) is 48.4 Å². The molecule has 0 amide bonds. The second kappa shape index (κ2) is 5.59. The number of carbonyl (C=O) groups is 1. The molecule has 1 aromatic carbocycles. The average Bonchev–Trinajstić information content (AvgIpc) is 2.64. The van der Waals surface area contributed by atoms with Crippen molar-refractivity contribution in [1.29, 1.82) is 5.26 Å². The molecule has 0 unspecified atom stereocenters. The molecule has 0 fully saturated rings. The summed E-state index contributed by atoms with van der Waals surface area (Å²) < 4.78 is 14.0. The highest BCUT2D eigenvalue weighted by Gasteiger charge is 2.52.